The molecule has 2 aliphatic rings. The Hall–Kier alpha value is -1.33. The van der Waals surface area contributed by atoms with Crippen molar-refractivity contribution in [2.75, 3.05) is 10.7 Å². The normalized spacial score (nSPS) is 23.8. The summed E-state index contributed by atoms with van der Waals surface area (Å²) in [6.45, 7) is 0. The molecule has 0 N–H and O–H groups in total. The molecule has 1 amide bonds. The van der Waals surface area contributed by atoms with Crippen LogP contribution in [0.5, 0.6) is 0 Å². The summed E-state index contributed by atoms with van der Waals surface area (Å²) in [7, 11) is -3.22. The van der Waals surface area contributed by atoms with Gasteiger partial charge < -0.3 is 4.90 Å². The van der Waals surface area contributed by atoms with Crippen LogP contribution in [0.2, 0.25) is 5.02 Å². The lowest BCUT2D eigenvalue weighted by molar-refractivity contribution is -0.122. The molecule has 1 aromatic carbocycles. The fraction of sp³-hybridized carbons (Fsp3) is 0.438. The Morgan fingerprint density at radius 2 is 1.95 bits per heavy atom. The first-order chi connectivity index (χ1) is 10.5. The molecule has 3 rings (SSSR count). The van der Waals surface area contributed by atoms with E-state index >= 15 is 0 Å². The Kier molecular flexibility index (Phi) is 4.28. The van der Waals surface area contributed by atoms with Crippen LogP contribution in [-0.4, -0.2) is 26.1 Å². The minimum absolute atomic E-state index is 0.00603. The summed E-state index contributed by atoms with van der Waals surface area (Å²) in [4.78, 5) is 14.5. The molecule has 1 aliphatic carbocycles. The van der Waals surface area contributed by atoms with Gasteiger partial charge in [0.25, 0.3) is 0 Å². The van der Waals surface area contributed by atoms with Crippen LogP contribution in [0.25, 0.3) is 0 Å². The number of carbonyl (C=O) groups excluding carboxylic acids is 1. The molecular formula is C16H18ClNO3S. The lowest BCUT2D eigenvalue weighted by Crippen LogP contribution is -2.44. The van der Waals surface area contributed by atoms with Crippen molar-refractivity contribution in [2.24, 2.45) is 5.92 Å². The van der Waals surface area contributed by atoms with Crippen molar-refractivity contribution in [1.29, 1.82) is 0 Å². The molecule has 1 saturated carbocycles. The van der Waals surface area contributed by atoms with E-state index in [0.717, 1.165) is 25.7 Å². The maximum absolute atomic E-state index is 12.9. The smallest absolute Gasteiger partial charge is 0.230 e. The summed E-state index contributed by atoms with van der Waals surface area (Å²) in [6, 6.07) is 6.59. The number of rotatable bonds is 3. The van der Waals surface area contributed by atoms with E-state index in [1.807, 2.05) is 0 Å². The van der Waals surface area contributed by atoms with Gasteiger partial charge in [-0.25, -0.2) is 8.42 Å². The summed E-state index contributed by atoms with van der Waals surface area (Å²) in [5.41, 5.74) is 0.663. The molecule has 0 saturated heterocycles. The second kappa shape index (κ2) is 6.05. The van der Waals surface area contributed by atoms with Gasteiger partial charge in [0.2, 0.25) is 5.91 Å². The van der Waals surface area contributed by atoms with Crippen LogP contribution in [-0.2, 0) is 14.6 Å². The summed E-state index contributed by atoms with van der Waals surface area (Å²) < 4.78 is 23.5. The predicted molar refractivity (Wildman–Crippen MR) is 87.6 cm³/mol. The molecule has 118 valence electrons. The molecule has 0 spiro atoms. The van der Waals surface area contributed by atoms with E-state index in [-0.39, 0.29) is 17.6 Å². The van der Waals surface area contributed by atoms with Crippen LogP contribution >= 0.6 is 11.6 Å². The fourth-order valence-electron chi connectivity index (χ4n) is 3.20. The number of benzene rings is 1. The predicted octanol–water partition coefficient (Wildman–Crippen LogP) is 3.17. The van der Waals surface area contributed by atoms with Crippen molar-refractivity contribution >= 4 is 33.0 Å². The van der Waals surface area contributed by atoms with Crippen LogP contribution in [0.15, 0.2) is 35.7 Å². The second-order valence-corrected chi connectivity index (χ2v) is 8.26. The molecular weight excluding hydrogens is 322 g/mol. The largest absolute Gasteiger partial charge is 0.304 e. The van der Waals surface area contributed by atoms with Gasteiger partial charge in [0.15, 0.2) is 9.84 Å². The van der Waals surface area contributed by atoms with Crippen molar-refractivity contribution in [3.63, 3.8) is 0 Å². The highest BCUT2D eigenvalue weighted by Crippen LogP contribution is 2.32. The van der Waals surface area contributed by atoms with E-state index in [1.54, 1.807) is 35.2 Å². The van der Waals surface area contributed by atoms with Crippen molar-refractivity contribution in [3.05, 3.63) is 40.8 Å². The highest BCUT2D eigenvalue weighted by molar-refractivity contribution is 7.94. The van der Waals surface area contributed by atoms with Crippen LogP contribution < -0.4 is 4.90 Å². The van der Waals surface area contributed by atoms with E-state index in [9.17, 15) is 13.2 Å². The monoisotopic (exact) mass is 339 g/mol. The van der Waals surface area contributed by atoms with Gasteiger partial charge in [-0.15, -0.1) is 0 Å². The third-order valence-corrected chi connectivity index (χ3v) is 5.88. The van der Waals surface area contributed by atoms with Crippen LogP contribution in [0.3, 0.4) is 0 Å². The van der Waals surface area contributed by atoms with Crippen LogP contribution in [0.1, 0.15) is 25.7 Å². The van der Waals surface area contributed by atoms with Gasteiger partial charge in [-0.2, -0.15) is 0 Å². The average molecular weight is 340 g/mol. The van der Waals surface area contributed by atoms with Crippen molar-refractivity contribution in [3.8, 4) is 0 Å². The summed E-state index contributed by atoms with van der Waals surface area (Å²) >= 11 is 6.04. The van der Waals surface area contributed by atoms with Gasteiger partial charge in [0.05, 0.1) is 11.8 Å². The Balaban J connectivity index is 1.95. The Labute approximate surface area is 135 Å². The summed E-state index contributed by atoms with van der Waals surface area (Å²) in [5, 5.41) is 1.74. The molecule has 1 fully saturated rings. The van der Waals surface area contributed by atoms with E-state index in [1.165, 1.54) is 5.41 Å². The zero-order chi connectivity index (χ0) is 15.7. The minimum Gasteiger partial charge on any atom is -0.304 e. The lowest BCUT2D eigenvalue weighted by atomic mass is 10.0. The van der Waals surface area contributed by atoms with E-state index in [4.69, 9.17) is 11.6 Å². The zero-order valence-electron chi connectivity index (χ0n) is 12.1. The first-order valence-corrected chi connectivity index (χ1v) is 9.55. The molecule has 6 heteroatoms. The Morgan fingerprint density at radius 1 is 1.23 bits per heavy atom. The first kappa shape index (κ1) is 15.6. The Bertz CT molecular complexity index is 708. The molecule has 0 bridgehead atoms. The number of hydrogen-bond donors (Lipinski definition) is 0. The second-order valence-electron chi connectivity index (χ2n) is 5.89. The van der Waals surface area contributed by atoms with Gasteiger partial charge in [-0.3, -0.25) is 4.79 Å². The molecule has 4 nitrogen and oxygen atoms in total. The Morgan fingerprint density at radius 3 is 2.55 bits per heavy atom. The molecule has 1 unspecified atom stereocenters. The lowest BCUT2D eigenvalue weighted by Gasteiger charge is -2.30. The highest BCUT2D eigenvalue weighted by atomic mass is 35.5. The molecule has 1 heterocycles. The maximum Gasteiger partial charge on any atom is 0.230 e. The molecule has 1 aromatic rings. The van der Waals surface area contributed by atoms with Gasteiger partial charge >= 0.3 is 0 Å². The third-order valence-electron chi connectivity index (χ3n) is 4.27. The number of carbonyl (C=O) groups is 1. The number of amides is 1. The molecule has 1 atom stereocenters. The average Bonchev–Trinajstić information content (AvgIpc) is 3.09. The number of nitrogens with zero attached hydrogens (tertiary/aromatic N) is 1. The van der Waals surface area contributed by atoms with Crippen molar-refractivity contribution in [1.82, 2.24) is 0 Å². The molecule has 0 aromatic heterocycles. The fourth-order valence-corrected chi connectivity index (χ4v) is 4.65. The van der Waals surface area contributed by atoms with Gasteiger partial charge in [-0.1, -0.05) is 30.5 Å². The standard InChI is InChI=1S/C16H18ClNO3S/c17-13-6-3-7-14(10-13)18(15-8-9-22(20,21)11-15)16(19)12-4-1-2-5-12/h3,6-10,12,15H,1-2,4-5,11H2. The van der Waals surface area contributed by atoms with Gasteiger partial charge in [0.1, 0.15) is 0 Å². The highest BCUT2D eigenvalue weighted by Gasteiger charge is 2.35. The number of hydrogen-bond acceptors (Lipinski definition) is 3. The SMILES string of the molecule is O=C(C1CCCC1)N(c1cccc(Cl)c1)C1C=CS(=O)(=O)C1. The summed E-state index contributed by atoms with van der Waals surface area (Å²) in [5.74, 6) is -0.0694. The van der Waals surface area contributed by atoms with Crippen LogP contribution in [0.4, 0.5) is 5.69 Å². The van der Waals surface area contributed by atoms with Gasteiger partial charge in [0, 0.05) is 22.0 Å². The topological polar surface area (TPSA) is 54.5 Å². The molecule has 0 radical (unpaired) electrons. The number of halogens is 1. The molecule has 1 aliphatic heterocycles. The molecule has 22 heavy (non-hydrogen) atoms. The number of sulfone groups is 1. The zero-order valence-corrected chi connectivity index (χ0v) is 13.7. The van der Waals surface area contributed by atoms with E-state index < -0.39 is 15.9 Å². The van der Waals surface area contributed by atoms with Crippen LogP contribution in [0, 0.1) is 5.92 Å². The van der Waals surface area contributed by atoms with E-state index in [2.05, 4.69) is 0 Å². The number of anilines is 1. The minimum atomic E-state index is -3.22. The van der Waals surface area contributed by atoms with Gasteiger partial charge in [-0.05, 0) is 37.1 Å². The van der Waals surface area contributed by atoms with E-state index in [0.29, 0.717) is 10.7 Å². The summed E-state index contributed by atoms with van der Waals surface area (Å²) in [6.07, 6.45) is 5.46. The first-order valence-electron chi connectivity index (χ1n) is 7.46. The van der Waals surface area contributed by atoms with Crippen molar-refractivity contribution in [2.45, 2.75) is 31.7 Å². The van der Waals surface area contributed by atoms with Crippen molar-refractivity contribution < 1.29 is 13.2 Å². The third kappa shape index (κ3) is 3.20. The maximum atomic E-state index is 12.9. The quantitative estimate of drug-likeness (QED) is 0.850.